The van der Waals surface area contributed by atoms with Gasteiger partial charge in [-0.25, -0.2) is 4.79 Å². The van der Waals surface area contributed by atoms with Gasteiger partial charge in [0.05, 0.1) is 16.0 Å². The van der Waals surface area contributed by atoms with Gasteiger partial charge in [-0.3, -0.25) is 0 Å². The molecule has 2 aliphatic heterocycles. The summed E-state index contributed by atoms with van der Waals surface area (Å²) in [6.07, 6.45) is 2.10. The van der Waals surface area contributed by atoms with Crippen molar-refractivity contribution in [2.75, 3.05) is 19.7 Å². The first-order valence-electron chi connectivity index (χ1n) is 10.3. The van der Waals surface area contributed by atoms with Crippen molar-refractivity contribution in [3.05, 3.63) is 52.0 Å². The molecule has 0 spiro atoms. The topological polar surface area (TPSA) is 69.5 Å². The van der Waals surface area contributed by atoms with Crippen molar-refractivity contribution in [1.29, 1.82) is 0 Å². The van der Waals surface area contributed by atoms with E-state index in [1.54, 1.807) is 17.0 Å². The van der Waals surface area contributed by atoms with Gasteiger partial charge in [0.25, 0.3) is 0 Å². The predicted molar refractivity (Wildman–Crippen MR) is 119 cm³/mol. The number of aromatic nitrogens is 3. The Morgan fingerprint density at radius 3 is 2.65 bits per heavy atom. The Bertz CT molecular complexity index is 1010. The van der Waals surface area contributed by atoms with Crippen LogP contribution >= 0.6 is 23.2 Å². The Labute approximate surface area is 191 Å². The third kappa shape index (κ3) is 4.39. The zero-order valence-corrected chi connectivity index (χ0v) is 19.4. The van der Waals surface area contributed by atoms with E-state index in [-0.39, 0.29) is 17.9 Å². The van der Waals surface area contributed by atoms with Crippen LogP contribution < -0.4 is 4.74 Å². The predicted octanol–water partition coefficient (Wildman–Crippen LogP) is 4.82. The highest BCUT2D eigenvalue weighted by atomic mass is 35.5. The summed E-state index contributed by atoms with van der Waals surface area (Å²) in [6.45, 7) is 11.5. The number of carbonyl (C=O) groups excluding carboxylic acids is 1. The minimum atomic E-state index is -0.507. The highest BCUT2D eigenvalue weighted by Crippen LogP contribution is 2.43. The molecule has 0 saturated carbocycles. The molecule has 1 fully saturated rings. The molecule has 4 rings (SSSR count). The number of halogens is 2. The third-order valence-corrected chi connectivity index (χ3v) is 6.26. The molecule has 1 amide bonds. The molecular formula is C22H26Cl2N4O3. The van der Waals surface area contributed by atoms with E-state index in [0.717, 1.165) is 17.2 Å². The molecule has 1 aromatic carbocycles. The number of fused-ring (bicyclic) bond motifs is 1. The van der Waals surface area contributed by atoms with Gasteiger partial charge in [0, 0.05) is 37.5 Å². The van der Waals surface area contributed by atoms with Gasteiger partial charge in [-0.15, -0.1) is 10.2 Å². The monoisotopic (exact) mass is 464 g/mol. The summed E-state index contributed by atoms with van der Waals surface area (Å²) in [5.74, 6) is 2.72. The molecule has 1 atom stereocenters. The molecule has 2 aliphatic rings. The largest absolute Gasteiger partial charge is 0.489 e. The molecule has 0 bridgehead atoms. The summed E-state index contributed by atoms with van der Waals surface area (Å²) in [7, 11) is 0. The Balaban J connectivity index is 1.49. The fourth-order valence-corrected chi connectivity index (χ4v) is 4.50. The Morgan fingerprint density at radius 1 is 1.23 bits per heavy atom. The molecule has 0 N–H and O–H groups in total. The number of benzene rings is 1. The quantitative estimate of drug-likeness (QED) is 0.592. The van der Waals surface area contributed by atoms with E-state index in [9.17, 15) is 4.79 Å². The Kier molecular flexibility index (Phi) is 5.92. The van der Waals surface area contributed by atoms with E-state index in [0.29, 0.717) is 48.5 Å². The van der Waals surface area contributed by atoms with Gasteiger partial charge in [-0.1, -0.05) is 35.9 Å². The maximum Gasteiger partial charge on any atom is 0.410 e. The lowest BCUT2D eigenvalue weighted by molar-refractivity contribution is 0.00721. The van der Waals surface area contributed by atoms with Crippen LogP contribution in [0.2, 0.25) is 10.0 Å². The van der Waals surface area contributed by atoms with E-state index in [4.69, 9.17) is 32.7 Å². The minimum Gasteiger partial charge on any atom is -0.489 e. The van der Waals surface area contributed by atoms with Gasteiger partial charge in [0.2, 0.25) is 0 Å². The first-order chi connectivity index (χ1) is 14.7. The summed E-state index contributed by atoms with van der Waals surface area (Å²) in [4.78, 5) is 13.9. The van der Waals surface area contributed by atoms with Crippen LogP contribution in [-0.4, -0.2) is 51.1 Å². The number of nitrogens with zero attached hydrogens (tertiary/aromatic N) is 4. The second kappa shape index (κ2) is 8.36. The molecule has 0 unspecified atom stereocenters. The molecule has 1 saturated heterocycles. The van der Waals surface area contributed by atoms with Crippen molar-refractivity contribution in [2.45, 2.75) is 51.2 Å². The van der Waals surface area contributed by atoms with Crippen molar-refractivity contribution in [1.82, 2.24) is 19.7 Å². The second-order valence-electron chi connectivity index (χ2n) is 8.94. The van der Waals surface area contributed by atoms with Gasteiger partial charge in [-0.2, -0.15) is 0 Å². The lowest BCUT2D eigenvalue weighted by atomic mass is 9.96. The average Bonchev–Trinajstić information content (AvgIpc) is 3.21. The molecule has 9 heteroatoms. The first-order valence-corrected chi connectivity index (χ1v) is 11.0. The summed E-state index contributed by atoms with van der Waals surface area (Å²) in [6, 6.07) is 3.59. The lowest BCUT2D eigenvalue weighted by Gasteiger charge is -2.39. The van der Waals surface area contributed by atoms with Gasteiger partial charge >= 0.3 is 6.09 Å². The summed E-state index contributed by atoms with van der Waals surface area (Å²) in [5.41, 5.74) is 0.379. The van der Waals surface area contributed by atoms with Crippen LogP contribution in [0, 0.1) is 0 Å². The summed E-state index contributed by atoms with van der Waals surface area (Å²) < 4.78 is 13.4. The Hall–Kier alpha value is -2.25. The maximum atomic E-state index is 12.2. The second-order valence-corrected chi connectivity index (χ2v) is 9.73. The molecule has 7 nitrogen and oxygen atoms in total. The van der Waals surface area contributed by atoms with Gasteiger partial charge in [-0.05, 0) is 32.9 Å². The molecule has 2 aromatic rings. The van der Waals surface area contributed by atoms with Crippen molar-refractivity contribution in [3.63, 3.8) is 0 Å². The van der Waals surface area contributed by atoms with Crippen LogP contribution in [-0.2, 0) is 17.7 Å². The van der Waals surface area contributed by atoms with Crippen LogP contribution in [0.25, 0.3) is 0 Å². The first kappa shape index (κ1) is 22.0. The molecular weight excluding hydrogens is 439 g/mol. The van der Waals surface area contributed by atoms with E-state index in [2.05, 4.69) is 21.3 Å². The number of hydrogen-bond donors (Lipinski definition) is 0. The van der Waals surface area contributed by atoms with Crippen molar-refractivity contribution < 1.29 is 14.3 Å². The van der Waals surface area contributed by atoms with Crippen LogP contribution in [0.5, 0.6) is 5.75 Å². The lowest BCUT2D eigenvalue weighted by Crippen LogP contribution is -2.51. The Morgan fingerprint density at radius 2 is 1.97 bits per heavy atom. The third-order valence-electron chi connectivity index (χ3n) is 5.44. The summed E-state index contributed by atoms with van der Waals surface area (Å²) >= 11 is 12.9. The summed E-state index contributed by atoms with van der Waals surface area (Å²) in [5, 5.41) is 9.80. The van der Waals surface area contributed by atoms with Crippen LogP contribution in [0.3, 0.4) is 0 Å². The molecule has 1 aromatic heterocycles. The minimum absolute atomic E-state index is 0.0808. The van der Waals surface area contributed by atoms with Crippen LogP contribution in [0.1, 0.15) is 49.8 Å². The zero-order valence-electron chi connectivity index (χ0n) is 17.9. The SMILES string of the molecule is C=CCOc1ccc(Cl)c(Cl)c1[C@@H]1Cc2nnc(C3CN(C(=O)OC(C)(C)C)C3)n2C1. The number of rotatable bonds is 5. The van der Waals surface area contributed by atoms with E-state index in [1.807, 2.05) is 26.8 Å². The number of hydrogen-bond acceptors (Lipinski definition) is 5. The van der Waals surface area contributed by atoms with Gasteiger partial charge in [0.15, 0.2) is 0 Å². The van der Waals surface area contributed by atoms with Gasteiger partial charge < -0.3 is 18.9 Å². The van der Waals surface area contributed by atoms with Crippen molar-refractivity contribution in [2.24, 2.45) is 0 Å². The van der Waals surface area contributed by atoms with Gasteiger partial charge in [0.1, 0.15) is 29.6 Å². The van der Waals surface area contributed by atoms with Crippen LogP contribution in [0.15, 0.2) is 24.8 Å². The highest BCUT2D eigenvalue weighted by Gasteiger charge is 2.40. The molecule has 0 radical (unpaired) electrons. The number of amides is 1. The molecule has 166 valence electrons. The standard InChI is InChI=1S/C22H26Cl2N4O3/c1-5-8-30-16-7-6-15(23)19(24)18(16)13-9-17-25-26-20(28(17)12-13)14-10-27(11-14)21(29)31-22(2,3)4/h5-7,13-14H,1,8-12H2,2-4H3/t13-/m1/s1. The maximum absolute atomic E-state index is 12.2. The van der Waals surface area contributed by atoms with E-state index >= 15 is 0 Å². The van der Waals surface area contributed by atoms with Crippen molar-refractivity contribution >= 4 is 29.3 Å². The zero-order chi connectivity index (χ0) is 22.3. The number of ether oxygens (including phenoxy) is 2. The highest BCUT2D eigenvalue weighted by molar-refractivity contribution is 6.42. The smallest absolute Gasteiger partial charge is 0.410 e. The number of likely N-dealkylation sites (tertiary alicyclic amines) is 1. The average molecular weight is 465 g/mol. The van der Waals surface area contributed by atoms with E-state index in [1.165, 1.54) is 0 Å². The molecule has 31 heavy (non-hydrogen) atoms. The normalized spacial score (nSPS) is 18.5. The molecule has 0 aliphatic carbocycles. The fraction of sp³-hybridized carbons (Fsp3) is 0.500. The van der Waals surface area contributed by atoms with Crippen molar-refractivity contribution in [3.8, 4) is 5.75 Å². The van der Waals surface area contributed by atoms with E-state index < -0.39 is 5.60 Å². The molecule has 3 heterocycles. The number of carbonyl (C=O) groups is 1. The fourth-order valence-electron chi connectivity index (χ4n) is 4.02. The van der Waals surface area contributed by atoms with Crippen LogP contribution in [0.4, 0.5) is 4.79 Å².